The van der Waals surface area contributed by atoms with Gasteiger partial charge in [-0.3, -0.25) is 38.5 Å². The number of likely N-dealkylation sites (tertiary alicyclic amines) is 3. The van der Waals surface area contributed by atoms with Gasteiger partial charge >= 0.3 is 0 Å². The number of aryl methyl sites for hydroxylation is 1. The summed E-state index contributed by atoms with van der Waals surface area (Å²) in [4.78, 5) is 117. The maximum Gasteiger partial charge on any atom is 0.246 e. The number of likely N-dealkylation sites (N-methyl/N-ethyl adjacent to an activating group) is 2. The van der Waals surface area contributed by atoms with Crippen LogP contribution in [0.25, 0.3) is 0 Å². The first-order valence-corrected chi connectivity index (χ1v) is 38.2. The van der Waals surface area contributed by atoms with Gasteiger partial charge in [0.2, 0.25) is 41.4 Å². The van der Waals surface area contributed by atoms with E-state index in [1.165, 1.54) is 24.0 Å². The number of piperidine rings is 2. The molecule has 558 valence electrons. The Balaban J connectivity index is 0.530. The molecule has 12 rings (SSSR count). The highest BCUT2D eigenvalue weighted by Crippen LogP contribution is 2.41. The number of hydrogen-bond donors (Lipinski definition) is 8. The van der Waals surface area contributed by atoms with Crippen molar-refractivity contribution in [2.45, 2.75) is 198 Å². The maximum atomic E-state index is 15.8. The van der Waals surface area contributed by atoms with Crippen molar-refractivity contribution in [3.8, 4) is 0 Å². The minimum Gasteiger partial charge on any atom is -0.366 e. The fourth-order valence-electron chi connectivity index (χ4n) is 17.4. The third-order valence-corrected chi connectivity index (χ3v) is 23.8. The van der Waals surface area contributed by atoms with Crippen molar-refractivity contribution in [3.63, 3.8) is 0 Å². The zero-order chi connectivity index (χ0) is 72.4. The average molecular weight is 1420 g/mol. The van der Waals surface area contributed by atoms with E-state index >= 15 is 8.78 Å². The molecule has 4 aromatic rings. The van der Waals surface area contributed by atoms with Crippen LogP contribution in [-0.2, 0) is 59.6 Å². The number of nitrogens with one attached hydrogen (secondary N) is 8. The molecule has 25 heteroatoms. The van der Waals surface area contributed by atoms with Gasteiger partial charge in [-0.2, -0.15) is 0 Å². The van der Waals surface area contributed by atoms with Gasteiger partial charge in [-0.25, -0.2) is 18.7 Å². The lowest BCUT2D eigenvalue weighted by atomic mass is 9.82. The summed E-state index contributed by atoms with van der Waals surface area (Å²) in [6.45, 7) is 14.6. The summed E-state index contributed by atoms with van der Waals surface area (Å²) >= 11 is 0. The van der Waals surface area contributed by atoms with E-state index in [9.17, 15) is 33.6 Å². The van der Waals surface area contributed by atoms with Crippen LogP contribution in [0.2, 0.25) is 0 Å². The van der Waals surface area contributed by atoms with Crippen molar-refractivity contribution in [2.75, 3.05) is 108 Å². The molecule has 0 radical (unpaired) electrons. The molecule has 8 aliphatic rings. The third kappa shape index (κ3) is 19.4. The van der Waals surface area contributed by atoms with E-state index in [-0.39, 0.29) is 96.8 Å². The van der Waals surface area contributed by atoms with Gasteiger partial charge in [-0.1, -0.05) is 81.6 Å². The van der Waals surface area contributed by atoms with Gasteiger partial charge in [0.15, 0.2) is 0 Å². The number of carbonyl (C=O) groups is 7. The van der Waals surface area contributed by atoms with Gasteiger partial charge in [0.05, 0.1) is 29.9 Å². The lowest BCUT2D eigenvalue weighted by molar-refractivity contribution is -0.143. The van der Waals surface area contributed by atoms with Gasteiger partial charge in [0.25, 0.3) is 0 Å². The van der Waals surface area contributed by atoms with E-state index in [4.69, 9.17) is 0 Å². The number of hydrogen-bond acceptors (Lipinski definition) is 16. The first-order valence-electron chi connectivity index (χ1n) is 38.2. The van der Waals surface area contributed by atoms with E-state index in [1.54, 1.807) is 23.8 Å². The zero-order valence-corrected chi connectivity index (χ0v) is 61.2. The average Bonchev–Trinajstić information content (AvgIpc) is 1.47. The molecule has 3 aliphatic carbocycles. The van der Waals surface area contributed by atoms with Crippen LogP contribution in [0.3, 0.4) is 0 Å². The fraction of sp³-hybridized carbons (Fsp3) is 0.628. The van der Waals surface area contributed by atoms with Crippen molar-refractivity contribution in [1.29, 1.82) is 0 Å². The number of rotatable bonds is 27. The van der Waals surface area contributed by atoms with Gasteiger partial charge in [0.1, 0.15) is 41.7 Å². The standard InChI is InChI=1S/C78H110F2N16O7/c1-51(81-4)74(101)89-73(55-16-7-6-8-17-55)76(103)96-47-59(39-66(96)75(102)88-64-20-12-18-54-15-9-10-19-61(54)64)87-71(99)22-21-69(97)82-28-34-91(5)60-36-56-44-93(45-57(56)37-60)29-23-70(98)84-43-53-14-11-13-52(35-53)42-83-67-41-68(86-50-85-67)94-32-26-78(27-33-94)49-95(48-72(100)90-78)65-40-62(79)58(38-63(65)80)46-92-30-24-77(2,3)25-31-92/h9-11,13-15,19,35,38,40-41,50-51,55-57,59-60,64,66,73,81H,6-8,12,16-18,20-34,36-37,39,42-49H2,1-5H3,(H,82,97)(H,84,98)(H,87,99)(H,88,102)(H,89,101)(H,90,100)(H,83,85,86)/t51-,56-,57+,59-,60?,64-,66-,73-/m0/s1. The molecular formula is C78H110F2N16O7. The van der Waals surface area contributed by atoms with Gasteiger partial charge in [-0.05, 0) is 163 Å². The summed E-state index contributed by atoms with van der Waals surface area (Å²) in [6, 6.07) is 18.2. The predicted molar refractivity (Wildman–Crippen MR) is 392 cm³/mol. The second-order valence-corrected chi connectivity index (χ2v) is 31.8. The molecule has 7 fully saturated rings. The van der Waals surface area contributed by atoms with Crippen LogP contribution in [0.5, 0.6) is 0 Å². The fourth-order valence-corrected chi connectivity index (χ4v) is 17.4. The van der Waals surface area contributed by atoms with Crippen LogP contribution in [0.1, 0.15) is 164 Å². The van der Waals surface area contributed by atoms with E-state index < -0.39 is 41.3 Å². The zero-order valence-electron chi connectivity index (χ0n) is 61.2. The SMILES string of the molecule is CN[C@@H](C)C(=O)N[C@H](C(=O)N1C[C@@H](NC(=O)CCC(=O)NCCN(C)C2C[C@@H]3CN(CCC(=O)NCc4cccc(CNc5cc(N6CCC7(CC6)CN(c6cc(F)c(CN8CCC(C)(C)CC8)cc6F)CC(=O)N7)ncn5)c4)C[C@@H]3C2)C[C@H]1C(=O)N[C@H]1CCCc2ccccc21)C1CCCCC1. The Hall–Kier alpha value is -7.87. The number of amides is 7. The number of carbonyl (C=O) groups excluding carboxylic acids is 7. The third-order valence-electron chi connectivity index (χ3n) is 23.8. The van der Waals surface area contributed by atoms with Crippen LogP contribution < -0.4 is 52.3 Å². The molecule has 1 spiro atoms. The number of benzene rings is 3. The summed E-state index contributed by atoms with van der Waals surface area (Å²) < 4.78 is 31.4. The number of anilines is 3. The molecule has 1 aromatic heterocycles. The number of piperazine rings is 1. The highest BCUT2D eigenvalue weighted by atomic mass is 19.1. The van der Waals surface area contributed by atoms with E-state index in [0.29, 0.717) is 107 Å². The lowest BCUT2D eigenvalue weighted by Gasteiger charge is -2.48. The Kier molecular flexibility index (Phi) is 24.6. The Morgan fingerprint density at radius 1 is 0.738 bits per heavy atom. The van der Waals surface area contributed by atoms with Gasteiger partial charge < -0.3 is 67.0 Å². The van der Waals surface area contributed by atoms with Crippen LogP contribution >= 0.6 is 0 Å². The van der Waals surface area contributed by atoms with Gasteiger partial charge in [-0.15, -0.1) is 0 Å². The smallest absolute Gasteiger partial charge is 0.246 e. The summed E-state index contributed by atoms with van der Waals surface area (Å²) in [5.74, 6) is -0.139. The van der Waals surface area contributed by atoms with Crippen LogP contribution in [-0.4, -0.2) is 199 Å². The molecule has 8 atom stereocenters. The van der Waals surface area contributed by atoms with Crippen LogP contribution in [0, 0.1) is 34.8 Å². The molecule has 7 amide bonds. The molecule has 1 unspecified atom stereocenters. The maximum absolute atomic E-state index is 15.8. The van der Waals surface area contributed by atoms with E-state index in [2.05, 4.69) is 111 Å². The highest BCUT2D eigenvalue weighted by Gasteiger charge is 2.47. The highest BCUT2D eigenvalue weighted by molar-refractivity contribution is 5.94. The second-order valence-electron chi connectivity index (χ2n) is 31.8. The van der Waals surface area contributed by atoms with E-state index in [1.807, 2.05) is 36.4 Å². The van der Waals surface area contributed by atoms with Crippen molar-refractivity contribution >= 4 is 58.7 Å². The number of halogens is 2. The van der Waals surface area contributed by atoms with Crippen LogP contribution in [0.15, 0.2) is 73.1 Å². The first-order chi connectivity index (χ1) is 49.6. The predicted octanol–water partition coefficient (Wildman–Crippen LogP) is 6.46. The molecule has 2 saturated carbocycles. The summed E-state index contributed by atoms with van der Waals surface area (Å²) in [7, 11) is 3.81. The molecule has 3 aromatic carbocycles. The number of aromatic nitrogens is 2. The minimum atomic E-state index is -0.856. The molecule has 103 heavy (non-hydrogen) atoms. The quantitative estimate of drug-likeness (QED) is 0.0319. The summed E-state index contributed by atoms with van der Waals surface area (Å²) in [6.07, 6.45) is 14.7. The largest absolute Gasteiger partial charge is 0.366 e. The summed E-state index contributed by atoms with van der Waals surface area (Å²) in [5.41, 5.74) is 4.43. The lowest BCUT2D eigenvalue weighted by Crippen LogP contribution is -2.66. The molecule has 5 aliphatic heterocycles. The first kappa shape index (κ1) is 74.8. The number of fused-ring (bicyclic) bond motifs is 2. The molecular weight excluding hydrogens is 1310 g/mol. The topological polar surface area (TPSA) is 261 Å². The minimum absolute atomic E-state index is 0.000386. The Bertz CT molecular complexity index is 3640. The van der Waals surface area contributed by atoms with E-state index in [0.717, 1.165) is 126 Å². The van der Waals surface area contributed by atoms with Gasteiger partial charge in [0, 0.05) is 128 Å². The van der Waals surface area contributed by atoms with Crippen LogP contribution in [0.4, 0.5) is 26.1 Å². The molecule has 0 bridgehead atoms. The molecule has 23 nitrogen and oxygen atoms in total. The molecule has 5 saturated heterocycles. The molecule has 8 N–H and O–H groups in total. The molecule has 6 heterocycles. The van der Waals surface area contributed by atoms with Crippen molar-refractivity contribution in [3.05, 3.63) is 113 Å². The number of nitrogens with zero attached hydrogens (tertiary/aromatic N) is 8. The Morgan fingerprint density at radius 3 is 2.22 bits per heavy atom. The monoisotopic (exact) mass is 1420 g/mol. The summed E-state index contributed by atoms with van der Waals surface area (Å²) in [5, 5.41) is 25.2. The second kappa shape index (κ2) is 33.9. The normalized spacial score (nSPS) is 24.0. The Labute approximate surface area is 606 Å². The van der Waals surface area contributed by atoms with Crippen molar-refractivity contribution in [2.24, 2.45) is 23.2 Å². The van der Waals surface area contributed by atoms with Crippen molar-refractivity contribution < 1.29 is 42.3 Å². The van der Waals surface area contributed by atoms with Crippen molar-refractivity contribution in [1.82, 2.24) is 66.8 Å². The Morgan fingerprint density at radius 2 is 1.47 bits per heavy atom.